The summed E-state index contributed by atoms with van der Waals surface area (Å²) in [6.07, 6.45) is 0.853. The zero-order valence-corrected chi connectivity index (χ0v) is 23.6. The van der Waals surface area contributed by atoms with Crippen molar-refractivity contribution in [3.05, 3.63) is 34.2 Å². The number of anilines is 1. The molecule has 3 aromatic rings. The largest absolute Gasteiger partial charge is 0.508 e. The Balaban J connectivity index is 1.42. The summed E-state index contributed by atoms with van der Waals surface area (Å²) in [4.78, 5) is 18.2. The minimum atomic E-state index is -4.92. The molecular formula is C29H30ClF4N5O3. The summed E-state index contributed by atoms with van der Waals surface area (Å²) in [5.74, 6) is -1.14. The Morgan fingerprint density at radius 3 is 2.64 bits per heavy atom. The molecule has 2 aromatic heterocycles. The van der Waals surface area contributed by atoms with E-state index in [0.29, 0.717) is 56.1 Å². The van der Waals surface area contributed by atoms with Crippen LogP contribution in [0.25, 0.3) is 22.2 Å². The van der Waals surface area contributed by atoms with Gasteiger partial charge in [0.25, 0.3) is 0 Å². The van der Waals surface area contributed by atoms with Gasteiger partial charge in [-0.2, -0.15) is 23.1 Å². The van der Waals surface area contributed by atoms with Gasteiger partial charge >= 0.3 is 12.2 Å². The highest BCUT2D eigenvalue weighted by Gasteiger charge is 2.45. The van der Waals surface area contributed by atoms with Gasteiger partial charge in [0, 0.05) is 18.7 Å². The second-order valence-corrected chi connectivity index (χ2v) is 12.1. The van der Waals surface area contributed by atoms with Crippen LogP contribution in [0.1, 0.15) is 49.8 Å². The molecule has 3 fully saturated rings. The van der Waals surface area contributed by atoms with Gasteiger partial charge in [-0.3, -0.25) is 4.90 Å². The molecule has 6 heterocycles. The fourth-order valence-corrected chi connectivity index (χ4v) is 7.54. The maximum Gasteiger partial charge on any atom is 0.418 e. The monoisotopic (exact) mass is 607 g/mol. The van der Waals surface area contributed by atoms with Gasteiger partial charge in [0.15, 0.2) is 5.82 Å². The second kappa shape index (κ2) is 10.3. The summed E-state index contributed by atoms with van der Waals surface area (Å²) in [7, 11) is 0. The third-order valence-electron chi connectivity index (χ3n) is 9.14. The van der Waals surface area contributed by atoms with E-state index < -0.39 is 39.6 Å². The number of rotatable bonds is 4. The van der Waals surface area contributed by atoms with Gasteiger partial charge in [-0.15, -0.1) is 0 Å². The molecule has 1 aromatic carbocycles. The van der Waals surface area contributed by atoms with Gasteiger partial charge in [0.1, 0.15) is 29.4 Å². The molecule has 0 aliphatic carbocycles. The van der Waals surface area contributed by atoms with Crippen molar-refractivity contribution in [2.45, 2.75) is 62.7 Å². The maximum absolute atomic E-state index is 16.5. The van der Waals surface area contributed by atoms with E-state index in [0.717, 1.165) is 57.3 Å². The Hall–Kier alpha value is -2.96. The Morgan fingerprint density at radius 1 is 1.10 bits per heavy atom. The summed E-state index contributed by atoms with van der Waals surface area (Å²) in [6, 6.07) is 1.51. The number of phenolic OH excluding ortho intramolecular Hbond substituents is 1. The van der Waals surface area contributed by atoms with E-state index >= 15 is 4.39 Å². The standard InChI is InChI=1S/C29H30ClF4N5O3/c30-19-13-17(40)12-18(22(19)29(32,33)34)24-23(31)25-21-20(35-24)5-4-16-14-41-11-3-10-39(16)26(21)37-27(36-25)42-15-28-6-1-8-38(28)9-2-7-28/h12-13,16,40H,1-11,14-15H2. The van der Waals surface area contributed by atoms with Gasteiger partial charge in [0.2, 0.25) is 0 Å². The number of nitrogens with zero attached hydrogens (tertiary/aromatic N) is 5. The van der Waals surface area contributed by atoms with Gasteiger partial charge in [-0.1, -0.05) is 11.6 Å². The van der Waals surface area contributed by atoms with Crippen molar-refractivity contribution in [2.75, 3.05) is 44.4 Å². The van der Waals surface area contributed by atoms with Crippen LogP contribution in [0.4, 0.5) is 23.4 Å². The first kappa shape index (κ1) is 27.8. The summed E-state index contributed by atoms with van der Waals surface area (Å²) >= 11 is 5.95. The average molecular weight is 608 g/mol. The fraction of sp³-hybridized carbons (Fsp3) is 0.552. The molecule has 0 radical (unpaired) electrons. The number of benzene rings is 1. The van der Waals surface area contributed by atoms with Gasteiger partial charge < -0.3 is 19.5 Å². The smallest absolute Gasteiger partial charge is 0.418 e. The molecule has 0 amide bonds. The van der Waals surface area contributed by atoms with Crippen molar-refractivity contribution in [1.29, 1.82) is 0 Å². The molecule has 8 nitrogen and oxygen atoms in total. The predicted octanol–water partition coefficient (Wildman–Crippen LogP) is 5.76. The lowest BCUT2D eigenvalue weighted by Gasteiger charge is -2.32. The molecule has 0 saturated carbocycles. The maximum atomic E-state index is 16.5. The zero-order valence-electron chi connectivity index (χ0n) is 22.8. The molecule has 224 valence electrons. The van der Waals surface area contributed by atoms with Crippen LogP contribution in [0.15, 0.2) is 12.1 Å². The molecule has 13 heteroatoms. The number of aromatic nitrogens is 3. The van der Waals surface area contributed by atoms with E-state index in [1.807, 2.05) is 0 Å². The highest BCUT2D eigenvalue weighted by molar-refractivity contribution is 6.32. The lowest BCUT2D eigenvalue weighted by molar-refractivity contribution is -0.137. The van der Waals surface area contributed by atoms with Crippen LogP contribution >= 0.6 is 11.6 Å². The first-order chi connectivity index (χ1) is 20.1. The number of phenols is 1. The third-order valence-corrected chi connectivity index (χ3v) is 9.44. The number of fused-ring (bicyclic) bond motifs is 3. The molecule has 3 saturated heterocycles. The highest BCUT2D eigenvalue weighted by atomic mass is 35.5. The number of halogens is 5. The molecule has 1 N–H and O–H groups in total. The lowest BCUT2D eigenvalue weighted by Crippen LogP contribution is -2.43. The SMILES string of the molecule is Oc1cc(Cl)c(C(F)(F)F)c(-c2nc3c4c(nc(OCC56CCCN5CCC6)nc4c2F)N2CCCOCC2CC3)c1. The molecule has 0 spiro atoms. The Kier molecular flexibility index (Phi) is 6.86. The van der Waals surface area contributed by atoms with Crippen molar-refractivity contribution in [3.63, 3.8) is 0 Å². The van der Waals surface area contributed by atoms with Gasteiger partial charge in [-0.05, 0) is 70.2 Å². The molecule has 4 aliphatic heterocycles. The number of hydrogen-bond donors (Lipinski definition) is 1. The lowest BCUT2D eigenvalue weighted by atomic mass is 9.95. The van der Waals surface area contributed by atoms with E-state index in [4.69, 9.17) is 26.1 Å². The van der Waals surface area contributed by atoms with E-state index in [1.54, 1.807) is 0 Å². The van der Waals surface area contributed by atoms with Crippen molar-refractivity contribution >= 4 is 28.3 Å². The molecule has 1 atom stereocenters. The fourth-order valence-electron chi connectivity index (χ4n) is 7.21. The normalized spacial score (nSPS) is 22.1. The Bertz CT molecular complexity index is 1540. The van der Waals surface area contributed by atoms with Crippen molar-refractivity contribution < 1.29 is 32.1 Å². The first-order valence-corrected chi connectivity index (χ1v) is 14.7. The highest BCUT2D eigenvalue weighted by Crippen LogP contribution is 2.46. The van der Waals surface area contributed by atoms with E-state index in [1.165, 1.54) is 0 Å². The van der Waals surface area contributed by atoms with E-state index in [9.17, 15) is 18.3 Å². The third kappa shape index (κ3) is 4.62. The minimum Gasteiger partial charge on any atom is -0.508 e. The van der Waals surface area contributed by atoms with Crippen molar-refractivity contribution in [3.8, 4) is 23.0 Å². The molecule has 7 rings (SSSR count). The van der Waals surface area contributed by atoms with Crippen LogP contribution in [-0.2, 0) is 17.3 Å². The number of alkyl halides is 3. The van der Waals surface area contributed by atoms with Crippen molar-refractivity contribution in [2.24, 2.45) is 0 Å². The number of pyridine rings is 1. The van der Waals surface area contributed by atoms with Crippen LogP contribution in [0, 0.1) is 5.82 Å². The van der Waals surface area contributed by atoms with Crippen LogP contribution in [0.3, 0.4) is 0 Å². The van der Waals surface area contributed by atoms with Crippen LogP contribution in [0.2, 0.25) is 5.02 Å². The predicted molar refractivity (Wildman–Crippen MR) is 148 cm³/mol. The average Bonchev–Trinajstić information content (AvgIpc) is 3.37. The van der Waals surface area contributed by atoms with Crippen LogP contribution in [-0.4, -0.2) is 76.0 Å². The van der Waals surface area contributed by atoms with E-state index in [2.05, 4.69) is 19.8 Å². The number of hydrogen-bond acceptors (Lipinski definition) is 8. The van der Waals surface area contributed by atoms with E-state index in [-0.39, 0.29) is 23.1 Å². The molecule has 4 aliphatic rings. The molecular weight excluding hydrogens is 578 g/mol. The molecule has 42 heavy (non-hydrogen) atoms. The number of ether oxygens (including phenoxy) is 2. The Morgan fingerprint density at radius 2 is 1.88 bits per heavy atom. The van der Waals surface area contributed by atoms with Gasteiger partial charge in [-0.25, -0.2) is 9.37 Å². The summed E-state index contributed by atoms with van der Waals surface area (Å²) in [5.41, 5.74) is -2.41. The molecule has 1 unspecified atom stereocenters. The summed E-state index contributed by atoms with van der Waals surface area (Å²) in [6.45, 7) is 3.98. The number of aryl methyl sites for hydroxylation is 1. The molecule has 0 bridgehead atoms. The number of aromatic hydroxyl groups is 1. The topological polar surface area (TPSA) is 83.8 Å². The quantitative estimate of drug-likeness (QED) is 0.375. The van der Waals surface area contributed by atoms with Crippen molar-refractivity contribution in [1.82, 2.24) is 19.9 Å². The Labute approximate surface area is 244 Å². The first-order valence-electron chi connectivity index (χ1n) is 14.4. The second-order valence-electron chi connectivity index (χ2n) is 11.6. The minimum absolute atomic E-state index is 0.0246. The van der Waals surface area contributed by atoms with Gasteiger partial charge in [0.05, 0.1) is 39.9 Å². The van der Waals surface area contributed by atoms with Crippen LogP contribution in [0.5, 0.6) is 11.8 Å². The summed E-state index contributed by atoms with van der Waals surface area (Å²) in [5, 5.41) is 9.77. The summed E-state index contributed by atoms with van der Waals surface area (Å²) < 4.78 is 71.1. The zero-order chi connectivity index (χ0) is 29.2. The van der Waals surface area contributed by atoms with Crippen LogP contribution < -0.4 is 9.64 Å².